The van der Waals surface area contributed by atoms with E-state index in [2.05, 4.69) is 52.1 Å². The van der Waals surface area contributed by atoms with Crippen LogP contribution in [-0.2, 0) is 4.74 Å². The van der Waals surface area contributed by atoms with E-state index in [-0.39, 0.29) is 0 Å². The lowest BCUT2D eigenvalue weighted by Crippen LogP contribution is -2.27. The Morgan fingerprint density at radius 3 is 2.25 bits per heavy atom. The molecule has 0 aliphatic heterocycles. The van der Waals surface area contributed by atoms with Gasteiger partial charge in [0.1, 0.15) is 0 Å². The van der Waals surface area contributed by atoms with Gasteiger partial charge in [-0.15, -0.1) is 0 Å². The van der Waals surface area contributed by atoms with Gasteiger partial charge in [-0.1, -0.05) is 44.4 Å². The molecule has 0 radical (unpaired) electrons. The Morgan fingerprint density at radius 2 is 1.70 bits per heavy atom. The molecule has 0 saturated carbocycles. The van der Waals surface area contributed by atoms with Crippen molar-refractivity contribution >= 4 is 0 Å². The van der Waals surface area contributed by atoms with Crippen LogP contribution >= 0.6 is 0 Å². The van der Waals surface area contributed by atoms with E-state index in [1.54, 1.807) is 0 Å². The van der Waals surface area contributed by atoms with E-state index in [4.69, 9.17) is 4.74 Å². The summed E-state index contributed by atoms with van der Waals surface area (Å²) in [5.41, 5.74) is 5.48. The normalized spacial score (nSPS) is 12.7. The number of hydrogen-bond donors (Lipinski definition) is 1. The minimum atomic E-state index is 0.308. The fourth-order valence-corrected chi connectivity index (χ4v) is 2.89. The number of nitrogens with one attached hydrogen (secondary N) is 1. The summed E-state index contributed by atoms with van der Waals surface area (Å²) in [6.45, 7) is 13.6. The van der Waals surface area contributed by atoms with Gasteiger partial charge in [-0.2, -0.15) is 0 Å². The first-order valence-electron chi connectivity index (χ1n) is 7.99. The quantitative estimate of drug-likeness (QED) is 0.672. The lowest BCUT2D eigenvalue weighted by Gasteiger charge is -2.23. The smallest absolute Gasteiger partial charge is 0.0661 e. The van der Waals surface area contributed by atoms with Gasteiger partial charge in [0.2, 0.25) is 0 Å². The number of aryl methyl sites for hydroxylation is 3. The van der Waals surface area contributed by atoms with Crippen LogP contribution in [0.1, 0.15) is 61.4 Å². The molecule has 1 atom stereocenters. The second kappa shape index (κ2) is 9.15. The third kappa shape index (κ3) is 5.26. The molecule has 1 aromatic carbocycles. The van der Waals surface area contributed by atoms with Crippen LogP contribution in [0.5, 0.6) is 0 Å². The molecule has 0 heterocycles. The Balaban J connectivity index is 2.70. The van der Waals surface area contributed by atoms with Crippen LogP contribution in [0.25, 0.3) is 0 Å². The highest BCUT2D eigenvalue weighted by atomic mass is 16.5. The number of ether oxygens (including phenoxy) is 1. The summed E-state index contributed by atoms with van der Waals surface area (Å²) in [6.07, 6.45) is 3.67. The fraction of sp³-hybridized carbons (Fsp3) is 0.667. The van der Waals surface area contributed by atoms with Crippen molar-refractivity contribution in [3.8, 4) is 0 Å². The van der Waals surface area contributed by atoms with Crippen LogP contribution < -0.4 is 5.32 Å². The Bertz CT molecular complexity index is 377. The van der Waals surface area contributed by atoms with Gasteiger partial charge in [0.25, 0.3) is 0 Å². The van der Waals surface area contributed by atoms with Crippen LogP contribution in [0.15, 0.2) is 12.1 Å². The number of hydrogen-bond acceptors (Lipinski definition) is 2. The molecular formula is C18H31NO. The molecule has 0 fully saturated rings. The second-order valence-electron chi connectivity index (χ2n) is 5.70. The summed E-state index contributed by atoms with van der Waals surface area (Å²) in [7, 11) is 0. The summed E-state index contributed by atoms with van der Waals surface area (Å²) in [5, 5.41) is 3.57. The van der Waals surface area contributed by atoms with Crippen LogP contribution in [0.2, 0.25) is 0 Å². The molecule has 2 heteroatoms. The average molecular weight is 277 g/mol. The zero-order valence-electron chi connectivity index (χ0n) is 13.9. The van der Waals surface area contributed by atoms with Crippen LogP contribution in [0.4, 0.5) is 0 Å². The second-order valence-corrected chi connectivity index (χ2v) is 5.70. The Labute approximate surface area is 124 Å². The lowest BCUT2D eigenvalue weighted by molar-refractivity contribution is 0.108. The Kier molecular flexibility index (Phi) is 7.86. The van der Waals surface area contributed by atoms with Gasteiger partial charge >= 0.3 is 0 Å². The summed E-state index contributed by atoms with van der Waals surface area (Å²) in [5.74, 6) is 0. The third-order valence-corrected chi connectivity index (χ3v) is 3.71. The molecule has 1 aromatic rings. The summed E-state index contributed by atoms with van der Waals surface area (Å²) < 4.78 is 5.88. The Morgan fingerprint density at radius 1 is 1.05 bits per heavy atom. The van der Waals surface area contributed by atoms with Crippen molar-refractivity contribution in [2.75, 3.05) is 19.8 Å². The van der Waals surface area contributed by atoms with Crippen molar-refractivity contribution in [1.29, 1.82) is 0 Å². The molecule has 0 saturated heterocycles. The highest BCUT2D eigenvalue weighted by molar-refractivity contribution is 5.39. The van der Waals surface area contributed by atoms with E-state index in [1.165, 1.54) is 41.5 Å². The summed E-state index contributed by atoms with van der Waals surface area (Å²) in [6, 6.07) is 4.84. The minimum absolute atomic E-state index is 0.308. The SMILES string of the molecule is CCCCCOCC(NCC)c1c(C)cc(C)cc1C. The topological polar surface area (TPSA) is 21.3 Å². The lowest BCUT2D eigenvalue weighted by atomic mass is 9.94. The van der Waals surface area contributed by atoms with Gasteiger partial charge in [-0.25, -0.2) is 0 Å². The fourth-order valence-electron chi connectivity index (χ4n) is 2.89. The Hall–Kier alpha value is -0.860. The van der Waals surface area contributed by atoms with Crippen LogP contribution in [0.3, 0.4) is 0 Å². The first kappa shape index (κ1) is 17.2. The standard InChI is InChI=1S/C18H31NO/c1-6-8-9-10-20-13-17(19-7-2)18-15(4)11-14(3)12-16(18)5/h11-12,17,19H,6-10,13H2,1-5H3. The largest absolute Gasteiger partial charge is 0.379 e. The molecule has 20 heavy (non-hydrogen) atoms. The van der Waals surface area contributed by atoms with Crippen LogP contribution in [0, 0.1) is 20.8 Å². The van der Waals surface area contributed by atoms with Crippen LogP contribution in [-0.4, -0.2) is 19.8 Å². The molecule has 0 aromatic heterocycles. The molecule has 0 aliphatic rings. The van der Waals surface area contributed by atoms with Crippen molar-refractivity contribution < 1.29 is 4.74 Å². The van der Waals surface area contributed by atoms with Gasteiger partial charge in [0.15, 0.2) is 0 Å². The van der Waals surface area contributed by atoms with Crippen molar-refractivity contribution in [1.82, 2.24) is 5.32 Å². The molecule has 1 unspecified atom stereocenters. The number of likely N-dealkylation sites (N-methyl/N-ethyl adjacent to an activating group) is 1. The van der Waals surface area contributed by atoms with E-state index in [1.807, 2.05) is 0 Å². The van der Waals surface area contributed by atoms with Crippen molar-refractivity contribution in [3.63, 3.8) is 0 Å². The first-order chi connectivity index (χ1) is 9.60. The van der Waals surface area contributed by atoms with Crippen molar-refractivity contribution in [2.45, 2.75) is 59.9 Å². The molecule has 0 spiro atoms. The van der Waals surface area contributed by atoms with E-state index in [0.717, 1.165) is 19.8 Å². The van der Waals surface area contributed by atoms with Crippen molar-refractivity contribution in [2.24, 2.45) is 0 Å². The zero-order chi connectivity index (χ0) is 15.0. The molecule has 2 nitrogen and oxygen atoms in total. The number of unbranched alkanes of at least 4 members (excludes halogenated alkanes) is 2. The van der Waals surface area contributed by atoms with Gasteiger partial charge in [-0.05, 0) is 50.4 Å². The molecule has 0 bridgehead atoms. The molecule has 0 amide bonds. The average Bonchev–Trinajstić information content (AvgIpc) is 2.37. The molecule has 114 valence electrons. The highest BCUT2D eigenvalue weighted by Crippen LogP contribution is 2.24. The summed E-state index contributed by atoms with van der Waals surface area (Å²) in [4.78, 5) is 0. The van der Waals surface area contributed by atoms with E-state index in [9.17, 15) is 0 Å². The maximum Gasteiger partial charge on any atom is 0.0661 e. The van der Waals surface area contributed by atoms with E-state index < -0.39 is 0 Å². The predicted octanol–water partition coefficient (Wildman–Crippen LogP) is 4.47. The minimum Gasteiger partial charge on any atom is -0.379 e. The maximum absolute atomic E-state index is 5.88. The first-order valence-corrected chi connectivity index (χ1v) is 7.99. The highest BCUT2D eigenvalue weighted by Gasteiger charge is 2.15. The van der Waals surface area contributed by atoms with Gasteiger partial charge in [0, 0.05) is 6.61 Å². The molecule has 1 N–H and O–H groups in total. The van der Waals surface area contributed by atoms with Gasteiger partial charge in [0.05, 0.1) is 12.6 Å². The molecule has 1 rings (SSSR count). The maximum atomic E-state index is 5.88. The molecule has 0 aliphatic carbocycles. The van der Waals surface area contributed by atoms with Crippen molar-refractivity contribution in [3.05, 3.63) is 34.4 Å². The predicted molar refractivity (Wildman–Crippen MR) is 87.4 cm³/mol. The van der Waals surface area contributed by atoms with Gasteiger partial charge in [-0.3, -0.25) is 0 Å². The third-order valence-electron chi connectivity index (χ3n) is 3.71. The number of rotatable bonds is 9. The zero-order valence-corrected chi connectivity index (χ0v) is 13.9. The monoisotopic (exact) mass is 277 g/mol. The number of benzene rings is 1. The molecular weight excluding hydrogens is 246 g/mol. The van der Waals surface area contributed by atoms with E-state index >= 15 is 0 Å². The summed E-state index contributed by atoms with van der Waals surface area (Å²) >= 11 is 0. The van der Waals surface area contributed by atoms with E-state index in [0.29, 0.717) is 6.04 Å². The van der Waals surface area contributed by atoms with Gasteiger partial charge < -0.3 is 10.1 Å².